The summed E-state index contributed by atoms with van der Waals surface area (Å²) < 4.78 is 0. The third kappa shape index (κ3) is 4.53. The van der Waals surface area contributed by atoms with Gasteiger partial charge in [-0.15, -0.1) is 0 Å². The molecule has 136 valence electrons. The van der Waals surface area contributed by atoms with Gasteiger partial charge in [-0.25, -0.2) is 14.8 Å². The third-order valence-electron chi connectivity index (χ3n) is 5.12. The number of nitrogens with zero attached hydrogens (tertiary/aromatic N) is 2. The molecule has 1 heterocycles. The minimum Gasteiger partial charge on any atom is -0.383 e. The van der Waals surface area contributed by atoms with Crippen molar-refractivity contribution in [3.63, 3.8) is 0 Å². The molecule has 2 saturated carbocycles. The first kappa shape index (κ1) is 17.8. The summed E-state index contributed by atoms with van der Waals surface area (Å²) in [6.07, 6.45) is 5.07. The molecule has 25 heavy (non-hydrogen) atoms. The number of nitrogen functional groups attached to an aromatic ring is 2. The number of nitrogens with two attached hydrogens (primary N) is 2. The molecule has 0 saturated heterocycles. The lowest BCUT2D eigenvalue weighted by Crippen LogP contribution is -2.47. The summed E-state index contributed by atoms with van der Waals surface area (Å²) in [6.45, 7) is 2.02. The molecule has 2 fully saturated rings. The van der Waals surface area contributed by atoms with Gasteiger partial charge in [0.2, 0.25) is 5.91 Å². The van der Waals surface area contributed by atoms with E-state index in [1.165, 1.54) is 31.7 Å². The van der Waals surface area contributed by atoms with Crippen LogP contribution >= 0.6 is 11.8 Å². The van der Waals surface area contributed by atoms with Gasteiger partial charge in [-0.2, -0.15) is 0 Å². The summed E-state index contributed by atoms with van der Waals surface area (Å²) >= 11 is 1.08. The minimum atomic E-state index is -0.450. The Morgan fingerprint density at radius 3 is 2.60 bits per heavy atom. The van der Waals surface area contributed by atoms with Crippen LogP contribution in [0.3, 0.4) is 0 Å². The van der Waals surface area contributed by atoms with Gasteiger partial charge < -0.3 is 16.8 Å². The number of hydrogen-bond donors (Lipinski definition) is 4. The number of urea groups is 1. The van der Waals surface area contributed by atoms with Crippen molar-refractivity contribution in [2.45, 2.75) is 43.8 Å². The van der Waals surface area contributed by atoms with Gasteiger partial charge in [0.15, 0.2) is 5.16 Å². The molecule has 9 heteroatoms. The Labute approximate surface area is 150 Å². The maximum Gasteiger partial charge on any atom is 0.321 e. The van der Waals surface area contributed by atoms with E-state index in [1.54, 1.807) is 0 Å². The zero-order chi connectivity index (χ0) is 18.0. The molecular weight excluding hydrogens is 340 g/mol. The summed E-state index contributed by atoms with van der Waals surface area (Å²) in [5.74, 6) is 2.16. The van der Waals surface area contributed by atoms with Crippen LogP contribution in [0, 0.1) is 17.8 Å². The molecule has 0 aromatic carbocycles. The predicted molar refractivity (Wildman–Crippen MR) is 96.7 cm³/mol. The first-order valence-electron chi connectivity index (χ1n) is 8.54. The van der Waals surface area contributed by atoms with Crippen LogP contribution in [0.25, 0.3) is 0 Å². The number of nitrogens with one attached hydrogen (secondary N) is 2. The fourth-order valence-corrected chi connectivity index (χ4v) is 4.75. The van der Waals surface area contributed by atoms with Gasteiger partial charge in [0.25, 0.3) is 0 Å². The molecule has 0 aliphatic heterocycles. The number of hydrogen-bond acceptors (Lipinski definition) is 7. The minimum absolute atomic E-state index is 0.0127. The first-order valence-corrected chi connectivity index (χ1v) is 9.52. The zero-order valence-electron chi connectivity index (χ0n) is 14.2. The number of carbonyl (C=O) groups excluding carboxylic acids is 2. The fraction of sp³-hybridized carbons (Fsp3) is 0.625. The van der Waals surface area contributed by atoms with Gasteiger partial charge in [-0.3, -0.25) is 10.1 Å². The van der Waals surface area contributed by atoms with E-state index in [2.05, 4.69) is 20.6 Å². The van der Waals surface area contributed by atoms with Gasteiger partial charge in [0, 0.05) is 12.1 Å². The summed E-state index contributed by atoms with van der Waals surface area (Å²) in [7, 11) is 0. The molecule has 0 radical (unpaired) electrons. The normalized spacial score (nSPS) is 25.6. The summed E-state index contributed by atoms with van der Waals surface area (Å²) in [6, 6.07) is 1.07. The predicted octanol–water partition coefficient (Wildman–Crippen LogP) is 1.38. The Balaban J connectivity index is 1.42. The van der Waals surface area contributed by atoms with Crippen molar-refractivity contribution in [1.29, 1.82) is 0 Å². The van der Waals surface area contributed by atoms with Crippen LogP contribution < -0.4 is 22.1 Å². The Hall–Kier alpha value is -2.03. The van der Waals surface area contributed by atoms with Gasteiger partial charge in [0.05, 0.1) is 5.75 Å². The fourth-order valence-electron chi connectivity index (χ4n) is 4.08. The van der Waals surface area contributed by atoms with E-state index in [4.69, 9.17) is 11.5 Å². The Bertz CT molecular complexity index is 650. The third-order valence-corrected chi connectivity index (χ3v) is 5.97. The van der Waals surface area contributed by atoms with Crippen LogP contribution in [-0.4, -0.2) is 33.7 Å². The van der Waals surface area contributed by atoms with Gasteiger partial charge in [-0.05, 0) is 43.9 Å². The number of fused-ring (bicyclic) bond motifs is 2. The van der Waals surface area contributed by atoms with E-state index in [0.717, 1.165) is 23.6 Å². The van der Waals surface area contributed by atoms with Gasteiger partial charge in [-0.1, -0.05) is 18.2 Å². The van der Waals surface area contributed by atoms with Crippen molar-refractivity contribution >= 4 is 35.3 Å². The number of rotatable bonds is 5. The molecule has 1 aromatic rings. The molecule has 2 aliphatic carbocycles. The maximum atomic E-state index is 12.0. The van der Waals surface area contributed by atoms with E-state index in [0.29, 0.717) is 11.1 Å². The van der Waals surface area contributed by atoms with E-state index in [-0.39, 0.29) is 23.4 Å². The molecule has 2 aliphatic rings. The largest absolute Gasteiger partial charge is 0.383 e. The smallest absolute Gasteiger partial charge is 0.321 e. The Morgan fingerprint density at radius 2 is 2.00 bits per heavy atom. The number of anilines is 2. The number of aromatic nitrogens is 2. The SMILES string of the molecule is C[C@@H](NC(=O)NC(=O)CSc1nc(N)cc(N)n1)[C@@H]1C[C@H]2CC[C@H]1C2. The van der Waals surface area contributed by atoms with E-state index < -0.39 is 11.9 Å². The van der Waals surface area contributed by atoms with Crippen LogP contribution in [0.1, 0.15) is 32.6 Å². The molecule has 6 N–H and O–H groups in total. The average molecular weight is 364 g/mol. The highest BCUT2D eigenvalue weighted by Gasteiger charge is 2.42. The first-order chi connectivity index (χ1) is 11.9. The lowest BCUT2D eigenvalue weighted by Gasteiger charge is -2.28. The van der Waals surface area contributed by atoms with Crippen molar-refractivity contribution in [3.8, 4) is 0 Å². The summed E-state index contributed by atoms with van der Waals surface area (Å²) in [5.41, 5.74) is 11.2. The number of imide groups is 1. The van der Waals surface area contributed by atoms with Crippen LogP contribution in [0.2, 0.25) is 0 Å². The second-order valence-corrected chi connectivity index (χ2v) is 7.88. The topological polar surface area (TPSA) is 136 Å². The summed E-state index contributed by atoms with van der Waals surface area (Å²) in [4.78, 5) is 31.9. The van der Waals surface area contributed by atoms with Crippen LogP contribution in [-0.2, 0) is 4.79 Å². The van der Waals surface area contributed by atoms with Crippen molar-refractivity contribution < 1.29 is 9.59 Å². The van der Waals surface area contributed by atoms with E-state index >= 15 is 0 Å². The highest BCUT2D eigenvalue weighted by Crippen LogP contribution is 2.49. The van der Waals surface area contributed by atoms with Crippen molar-refractivity contribution in [3.05, 3.63) is 6.07 Å². The summed E-state index contributed by atoms with van der Waals surface area (Å²) in [5, 5.41) is 5.56. The van der Waals surface area contributed by atoms with Crippen molar-refractivity contribution in [2.24, 2.45) is 17.8 Å². The molecule has 3 rings (SSSR count). The lowest BCUT2D eigenvalue weighted by molar-refractivity contribution is -0.117. The molecule has 4 atom stereocenters. The Kier molecular flexibility index (Phi) is 5.31. The van der Waals surface area contributed by atoms with Crippen LogP contribution in [0.15, 0.2) is 11.2 Å². The molecule has 3 amide bonds. The number of carbonyl (C=O) groups is 2. The highest BCUT2D eigenvalue weighted by molar-refractivity contribution is 7.99. The average Bonchev–Trinajstić information content (AvgIpc) is 3.15. The molecule has 0 unspecified atom stereocenters. The second-order valence-electron chi connectivity index (χ2n) is 6.94. The highest BCUT2D eigenvalue weighted by atomic mass is 32.2. The second kappa shape index (κ2) is 7.47. The number of thioether (sulfide) groups is 1. The molecule has 8 nitrogen and oxygen atoms in total. The lowest BCUT2D eigenvalue weighted by atomic mass is 9.84. The van der Waals surface area contributed by atoms with Crippen LogP contribution in [0.4, 0.5) is 16.4 Å². The van der Waals surface area contributed by atoms with Crippen molar-refractivity contribution in [2.75, 3.05) is 17.2 Å². The van der Waals surface area contributed by atoms with E-state index in [9.17, 15) is 9.59 Å². The van der Waals surface area contributed by atoms with Gasteiger partial charge in [0.1, 0.15) is 11.6 Å². The van der Waals surface area contributed by atoms with Gasteiger partial charge >= 0.3 is 6.03 Å². The molecule has 0 spiro atoms. The van der Waals surface area contributed by atoms with Crippen molar-refractivity contribution in [1.82, 2.24) is 20.6 Å². The van der Waals surface area contributed by atoms with Crippen LogP contribution in [0.5, 0.6) is 0 Å². The van der Waals surface area contributed by atoms with E-state index in [1.807, 2.05) is 6.92 Å². The maximum absolute atomic E-state index is 12.0. The molecular formula is C16H24N6O2S. The number of amides is 3. The molecule has 1 aromatic heterocycles. The monoisotopic (exact) mass is 364 g/mol. The molecule has 2 bridgehead atoms. The Morgan fingerprint density at radius 1 is 1.28 bits per heavy atom. The standard InChI is InChI=1S/C16H24N6O2S/c1-8(11-5-9-2-3-10(11)4-9)19-15(24)22-14(23)7-25-16-20-12(17)6-13(18)21-16/h6,8-11H,2-5,7H2,1H3,(H4,17,18,20,21)(H2,19,22,23,24)/t8-,9+,10+,11+/m1/s1. The zero-order valence-corrected chi connectivity index (χ0v) is 15.0. The quantitative estimate of drug-likeness (QED) is 0.458.